The summed E-state index contributed by atoms with van der Waals surface area (Å²) in [5.74, 6) is -1.13. The zero-order chi connectivity index (χ0) is 19.0. The van der Waals surface area contributed by atoms with E-state index < -0.39 is 6.04 Å². The first-order valence-electron chi connectivity index (χ1n) is 9.09. The van der Waals surface area contributed by atoms with E-state index in [1.54, 1.807) is 31.2 Å². The lowest BCUT2D eigenvalue weighted by Gasteiger charge is -2.30. The summed E-state index contributed by atoms with van der Waals surface area (Å²) in [5.41, 5.74) is 0.643. The Morgan fingerprint density at radius 1 is 1.23 bits per heavy atom. The molecule has 140 valence electrons. The van der Waals surface area contributed by atoms with Crippen LogP contribution in [0, 0.1) is 17.8 Å². The summed E-state index contributed by atoms with van der Waals surface area (Å²) in [6.07, 6.45) is 8.85. The number of hydrogen-bond donors (Lipinski definition) is 0. The SMILES string of the molecule is CC(C)CC(C(=O)N(C)c1cnn(C)c1)N1C(=O)C2CC=CCC2C1=O. The third-order valence-electron chi connectivity index (χ3n) is 5.24. The van der Waals surface area contributed by atoms with Crippen LogP contribution < -0.4 is 4.90 Å². The first-order chi connectivity index (χ1) is 12.3. The predicted octanol–water partition coefficient (Wildman–Crippen LogP) is 1.75. The fourth-order valence-electron chi connectivity index (χ4n) is 3.83. The number of rotatable bonds is 5. The molecule has 7 heteroatoms. The molecule has 3 amide bonds. The van der Waals surface area contributed by atoms with Gasteiger partial charge in [0.05, 0.1) is 23.7 Å². The molecule has 26 heavy (non-hydrogen) atoms. The molecule has 7 nitrogen and oxygen atoms in total. The Balaban J connectivity index is 1.89. The number of anilines is 1. The molecule has 1 fully saturated rings. The largest absolute Gasteiger partial charge is 0.311 e. The van der Waals surface area contributed by atoms with E-state index in [1.807, 2.05) is 26.0 Å². The molecule has 1 saturated heterocycles. The molecule has 0 spiro atoms. The van der Waals surface area contributed by atoms with Crippen LogP contribution in [0.15, 0.2) is 24.5 Å². The maximum Gasteiger partial charge on any atom is 0.250 e. The number of fused-ring (bicyclic) bond motifs is 1. The van der Waals surface area contributed by atoms with E-state index >= 15 is 0 Å². The van der Waals surface area contributed by atoms with E-state index in [9.17, 15) is 14.4 Å². The molecule has 3 unspecified atom stereocenters. The van der Waals surface area contributed by atoms with E-state index in [1.165, 1.54) is 9.80 Å². The van der Waals surface area contributed by atoms with Gasteiger partial charge in [-0.15, -0.1) is 0 Å². The maximum absolute atomic E-state index is 13.2. The number of aromatic nitrogens is 2. The molecular weight excluding hydrogens is 332 g/mol. The van der Waals surface area contributed by atoms with Gasteiger partial charge in [-0.3, -0.25) is 24.0 Å². The monoisotopic (exact) mass is 358 g/mol. The van der Waals surface area contributed by atoms with Gasteiger partial charge >= 0.3 is 0 Å². The summed E-state index contributed by atoms with van der Waals surface area (Å²) >= 11 is 0. The van der Waals surface area contributed by atoms with Crippen molar-refractivity contribution in [1.82, 2.24) is 14.7 Å². The fraction of sp³-hybridized carbons (Fsp3) is 0.579. The van der Waals surface area contributed by atoms with E-state index in [2.05, 4.69) is 5.10 Å². The summed E-state index contributed by atoms with van der Waals surface area (Å²) in [7, 11) is 3.44. The van der Waals surface area contributed by atoms with Gasteiger partial charge in [0.2, 0.25) is 17.7 Å². The third-order valence-corrected chi connectivity index (χ3v) is 5.24. The number of imide groups is 1. The van der Waals surface area contributed by atoms with Crippen LogP contribution in [0.25, 0.3) is 0 Å². The Morgan fingerprint density at radius 2 is 1.81 bits per heavy atom. The van der Waals surface area contributed by atoms with Crippen molar-refractivity contribution in [2.45, 2.75) is 39.2 Å². The van der Waals surface area contributed by atoms with Gasteiger partial charge in [0, 0.05) is 20.3 Å². The van der Waals surface area contributed by atoms with Crippen molar-refractivity contribution >= 4 is 23.4 Å². The molecule has 0 bridgehead atoms. The molecule has 1 aromatic rings. The van der Waals surface area contributed by atoms with Crippen LogP contribution in [0.3, 0.4) is 0 Å². The molecule has 1 aromatic heterocycles. The van der Waals surface area contributed by atoms with Gasteiger partial charge in [-0.1, -0.05) is 26.0 Å². The number of likely N-dealkylation sites (tertiary alicyclic amines) is 1. The normalized spacial score (nSPS) is 23.5. The molecule has 1 aliphatic heterocycles. The summed E-state index contributed by atoms with van der Waals surface area (Å²) < 4.78 is 1.61. The van der Waals surface area contributed by atoms with Crippen LogP contribution >= 0.6 is 0 Å². The molecule has 0 N–H and O–H groups in total. The highest BCUT2D eigenvalue weighted by Gasteiger charge is 2.51. The predicted molar refractivity (Wildman–Crippen MR) is 97.1 cm³/mol. The van der Waals surface area contributed by atoms with Crippen LogP contribution in [0.2, 0.25) is 0 Å². The van der Waals surface area contributed by atoms with Gasteiger partial charge in [-0.05, 0) is 25.2 Å². The van der Waals surface area contributed by atoms with E-state index in [4.69, 9.17) is 0 Å². The minimum atomic E-state index is -0.772. The second-order valence-corrected chi connectivity index (χ2v) is 7.62. The Bertz CT molecular complexity index is 726. The maximum atomic E-state index is 13.2. The van der Waals surface area contributed by atoms with Crippen LogP contribution in [0.5, 0.6) is 0 Å². The van der Waals surface area contributed by atoms with Gasteiger partial charge in [-0.2, -0.15) is 5.10 Å². The lowest BCUT2D eigenvalue weighted by molar-refractivity contribution is -0.147. The minimum Gasteiger partial charge on any atom is -0.311 e. The van der Waals surface area contributed by atoms with Crippen LogP contribution in [-0.2, 0) is 21.4 Å². The van der Waals surface area contributed by atoms with Crippen LogP contribution in [-0.4, -0.2) is 45.5 Å². The average Bonchev–Trinajstić information content (AvgIpc) is 3.14. The number of nitrogens with zero attached hydrogens (tertiary/aromatic N) is 4. The van der Waals surface area contributed by atoms with Gasteiger partial charge in [0.15, 0.2) is 0 Å². The molecular formula is C19H26N4O3. The summed E-state index contributed by atoms with van der Waals surface area (Å²) in [5, 5.41) is 4.09. The fourth-order valence-corrected chi connectivity index (χ4v) is 3.83. The van der Waals surface area contributed by atoms with Crippen LogP contribution in [0.4, 0.5) is 5.69 Å². The molecule has 3 atom stereocenters. The van der Waals surface area contributed by atoms with Crippen LogP contribution in [0.1, 0.15) is 33.1 Å². The highest BCUT2D eigenvalue weighted by molar-refractivity contribution is 6.10. The molecule has 0 radical (unpaired) electrons. The van der Waals surface area contributed by atoms with Gasteiger partial charge in [0.1, 0.15) is 6.04 Å². The zero-order valence-corrected chi connectivity index (χ0v) is 15.8. The van der Waals surface area contributed by atoms with Crippen molar-refractivity contribution in [2.75, 3.05) is 11.9 Å². The van der Waals surface area contributed by atoms with Gasteiger partial charge < -0.3 is 4.90 Å². The number of aryl methyl sites for hydroxylation is 1. The lowest BCUT2D eigenvalue weighted by Crippen LogP contribution is -2.51. The number of allylic oxidation sites excluding steroid dienone is 2. The van der Waals surface area contributed by atoms with E-state index in [0.717, 1.165) is 0 Å². The highest BCUT2D eigenvalue weighted by atomic mass is 16.2. The van der Waals surface area contributed by atoms with Crippen molar-refractivity contribution in [3.63, 3.8) is 0 Å². The molecule has 0 saturated carbocycles. The first-order valence-corrected chi connectivity index (χ1v) is 9.09. The summed E-state index contributed by atoms with van der Waals surface area (Å²) in [6.45, 7) is 3.98. The van der Waals surface area contributed by atoms with Crippen molar-refractivity contribution in [1.29, 1.82) is 0 Å². The Hall–Kier alpha value is -2.44. The molecule has 3 rings (SSSR count). The molecule has 2 aliphatic rings. The van der Waals surface area contributed by atoms with Crippen molar-refractivity contribution in [2.24, 2.45) is 24.8 Å². The second kappa shape index (κ2) is 7.05. The quantitative estimate of drug-likeness (QED) is 0.594. The minimum absolute atomic E-state index is 0.174. The van der Waals surface area contributed by atoms with Crippen molar-refractivity contribution in [3.05, 3.63) is 24.5 Å². The topological polar surface area (TPSA) is 75.5 Å². The van der Waals surface area contributed by atoms with Gasteiger partial charge in [-0.25, -0.2) is 0 Å². The van der Waals surface area contributed by atoms with Crippen molar-refractivity contribution in [3.8, 4) is 0 Å². The lowest BCUT2D eigenvalue weighted by atomic mass is 9.85. The highest BCUT2D eigenvalue weighted by Crippen LogP contribution is 2.37. The Kier molecular flexibility index (Phi) is 4.98. The number of amides is 3. The second-order valence-electron chi connectivity index (χ2n) is 7.62. The van der Waals surface area contributed by atoms with E-state index in [-0.39, 0.29) is 35.5 Å². The zero-order valence-electron chi connectivity index (χ0n) is 15.8. The van der Waals surface area contributed by atoms with Gasteiger partial charge in [0.25, 0.3) is 0 Å². The first kappa shape index (κ1) is 18.4. The number of hydrogen-bond acceptors (Lipinski definition) is 4. The number of likely N-dealkylation sites (N-methyl/N-ethyl adjacent to an activating group) is 1. The Labute approximate surface area is 153 Å². The number of carbonyl (C=O) groups is 3. The smallest absolute Gasteiger partial charge is 0.250 e. The molecule has 1 aliphatic carbocycles. The van der Waals surface area contributed by atoms with E-state index in [0.29, 0.717) is 24.9 Å². The Morgan fingerprint density at radius 3 is 2.27 bits per heavy atom. The molecule has 2 heterocycles. The standard InChI is InChI=1S/C19H26N4O3/c1-12(2)9-16(19(26)22(4)13-10-20-21(3)11-13)23-17(24)14-7-5-6-8-15(14)18(23)25/h5-6,10-12,14-16H,7-9H2,1-4H3. The van der Waals surface area contributed by atoms with Crippen molar-refractivity contribution < 1.29 is 14.4 Å². The number of carbonyl (C=O) groups excluding carboxylic acids is 3. The third kappa shape index (κ3) is 3.18. The average molecular weight is 358 g/mol. The molecule has 0 aromatic carbocycles. The summed E-state index contributed by atoms with van der Waals surface area (Å²) in [4.78, 5) is 41.8. The summed E-state index contributed by atoms with van der Waals surface area (Å²) in [6, 6.07) is -0.772.